The van der Waals surface area contributed by atoms with Crippen LogP contribution in [0.4, 0.5) is 0 Å². The minimum Gasteiger partial charge on any atom is -0.462 e. The molecule has 2 atom stereocenters. The van der Waals surface area contributed by atoms with Crippen LogP contribution in [0.5, 0.6) is 0 Å². The highest BCUT2D eigenvalue weighted by molar-refractivity contribution is 7.47. The van der Waals surface area contributed by atoms with Gasteiger partial charge in [0.2, 0.25) is 0 Å². The van der Waals surface area contributed by atoms with Crippen LogP contribution in [0.3, 0.4) is 0 Å². The number of rotatable bonds is 63. The first kappa shape index (κ1) is 76.5. The van der Waals surface area contributed by atoms with Gasteiger partial charge >= 0.3 is 19.8 Å². The quantitative estimate of drug-likeness (QED) is 0.0264. The Balaban J connectivity index is 3.74. The zero-order valence-corrected chi connectivity index (χ0v) is 52.5. The lowest BCUT2D eigenvalue weighted by molar-refractivity contribution is -0.161. The molecule has 0 aromatic carbocycles. The van der Waals surface area contributed by atoms with Crippen molar-refractivity contribution in [3.63, 3.8) is 0 Å². The first-order valence-corrected chi connectivity index (χ1v) is 34.9. The summed E-state index contributed by atoms with van der Waals surface area (Å²) in [4.78, 5) is 35.2. The number of allylic oxidation sites excluding steroid dienone is 12. The Labute approximate surface area is 488 Å². The summed E-state index contributed by atoms with van der Waals surface area (Å²) in [7, 11) is -4.40. The molecule has 0 fully saturated rings. The van der Waals surface area contributed by atoms with Gasteiger partial charge in [-0.3, -0.25) is 18.6 Å². The second kappa shape index (κ2) is 64.6. The van der Waals surface area contributed by atoms with E-state index < -0.39 is 26.5 Å². The summed E-state index contributed by atoms with van der Waals surface area (Å²) in [5.41, 5.74) is 5.38. The van der Waals surface area contributed by atoms with Crippen LogP contribution in [0.25, 0.3) is 0 Å². The Hall–Kier alpha value is -2.55. The zero-order chi connectivity index (χ0) is 57.3. The molecule has 10 heteroatoms. The Morgan fingerprint density at radius 3 is 1.04 bits per heavy atom. The highest BCUT2D eigenvalue weighted by atomic mass is 31.2. The molecule has 0 aromatic rings. The van der Waals surface area contributed by atoms with Gasteiger partial charge in [-0.05, 0) is 83.5 Å². The van der Waals surface area contributed by atoms with Gasteiger partial charge in [0, 0.05) is 19.4 Å². The van der Waals surface area contributed by atoms with Gasteiger partial charge in [-0.15, -0.1) is 0 Å². The van der Waals surface area contributed by atoms with Crippen molar-refractivity contribution in [3.8, 4) is 0 Å². The number of hydrogen-bond donors (Lipinski definition) is 2. The van der Waals surface area contributed by atoms with Crippen molar-refractivity contribution in [2.24, 2.45) is 5.73 Å². The molecule has 460 valence electrons. The van der Waals surface area contributed by atoms with Crippen molar-refractivity contribution in [3.05, 3.63) is 72.9 Å². The van der Waals surface area contributed by atoms with Crippen LogP contribution in [-0.2, 0) is 32.7 Å². The van der Waals surface area contributed by atoms with E-state index in [4.69, 9.17) is 24.3 Å². The van der Waals surface area contributed by atoms with Gasteiger partial charge < -0.3 is 20.1 Å². The lowest BCUT2D eigenvalue weighted by Crippen LogP contribution is -2.29. The fourth-order valence-corrected chi connectivity index (χ4v) is 10.4. The van der Waals surface area contributed by atoms with E-state index >= 15 is 0 Å². The zero-order valence-electron chi connectivity index (χ0n) is 51.6. The van der Waals surface area contributed by atoms with Gasteiger partial charge in [-0.25, -0.2) is 4.57 Å². The monoisotopic (exact) mass is 1130 g/mol. The molecule has 0 aliphatic heterocycles. The van der Waals surface area contributed by atoms with Crippen molar-refractivity contribution in [1.29, 1.82) is 0 Å². The van der Waals surface area contributed by atoms with E-state index in [1.165, 1.54) is 212 Å². The molecule has 9 nitrogen and oxygen atoms in total. The first-order valence-electron chi connectivity index (χ1n) is 33.4. The van der Waals surface area contributed by atoms with Crippen LogP contribution in [0.2, 0.25) is 0 Å². The predicted molar refractivity (Wildman–Crippen MR) is 339 cm³/mol. The van der Waals surface area contributed by atoms with Crippen LogP contribution >= 0.6 is 7.82 Å². The van der Waals surface area contributed by atoms with Gasteiger partial charge in [-0.1, -0.05) is 299 Å². The van der Waals surface area contributed by atoms with Crippen LogP contribution in [-0.4, -0.2) is 49.3 Å². The van der Waals surface area contributed by atoms with Crippen molar-refractivity contribution >= 4 is 19.8 Å². The van der Waals surface area contributed by atoms with Gasteiger partial charge in [0.05, 0.1) is 13.2 Å². The number of unbranched alkanes of at least 4 members (excludes halogenated alkanes) is 38. The van der Waals surface area contributed by atoms with Crippen LogP contribution in [0, 0.1) is 0 Å². The van der Waals surface area contributed by atoms with Crippen molar-refractivity contribution in [2.45, 2.75) is 328 Å². The molecule has 0 aliphatic rings. The number of carbonyl (C=O) groups is 2. The van der Waals surface area contributed by atoms with E-state index in [-0.39, 0.29) is 38.6 Å². The van der Waals surface area contributed by atoms with Crippen molar-refractivity contribution < 1.29 is 37.6 Å². The average Bonchev–Trinajstić information content (AvgIpc) is 3.44. The Kier molecular flexibility index (Phi) is 62.5. The lowest BCUT2D eigenvalue weighted by atomic mass is 10.0. The number of phosphoric ester groups is 1. The van der Waals surface area contributed by atoms with Crippen molar-refractivity contribution in [2.75, 3.05) is 26.4 Å². The minimum absolute atomic E-state index is 0.0478. The Bertz CT molecular complexity index is 1520. The topological polar surface area (TPSA) is 134 Å². The molecule has 3 N–H and O–H groups in total. The minimum atomic E-state index is -4.40. The molecular weight excluding hydrogens is 1000 g/mol. The van der Waals surface area contributed by atoms with Gasteiger partial charge in [0.15, 0.2) is 6.10 Å². The fourth-order valence-electron chi connectivity index (χ4n) is 9.66. The smallest absolute Gasteiger partial charge is 0.462 e. The number of phosphoric acid groups is 1. The Morgan fingerprint density at radius 1 is 0.392 bits per heavy atom. The van der Waals surface area contributed by atoms with E-state index in [1.807, 2.05) is 0 Å². The van der Waals surface area contributed by atoms with E-state index in [1.54, 1.807) is 0 Å². The van der Waals surface area contributed by atoms with E-state index in [2.05, 4.69) is 86.8 Å². The molecule has 2 unspecified atom stereocenters. The summed E-state index contributed by atoms with van der Waals surface area (Å²) in [5, 5.41) is 0. The molecular formula is C69H126NO8P. The average molecular weight is 1130 g/mol. The third-order valence-corrected chi connectivity index (χ3v) is 15.6. The molecule has 0 rings (SSSR count). The van der Waals surface area contributed by atoms with Gasteiger partial charge in [0.25, 0.3) is 0 Å². The van der Waals surface area contributed by atoms with E-state index in [0.717, 1.165) is 77.0 Å². The molecule has 0 radical (unpaired) electrons. The number of esters is 2. The number of nitrogens with two attached hydrogens (primary N) is 1. The maximum Gasteiger partial charge on any atom is 0.472 e. The predicted octanol–water partition coefficient (Wildman–Crippen LogP) is 21.6. The largest absolute Gasteiger partial charge is 0.472 e. The fraction of sp³-hybridized carbons (Fsp3) is 0.797. The van der Waals surface area contributed by atoms with Gasteiger partial charge in [-0.2, -0.15) is 0 Å². The molecule has 0 heterocycles. The lowest BCUT2D eigenvalue weighted by Gasteiger charge is -2.19. The highest BCUT2D eigenvalue weighted by Gasteiger charge is 2.26. The Morgan fingerprint density at radius 2 is 0.696 bits per heavy atom. The summed E-state index contributed by atoms with van der Waals surface area (Å²) in [6.45, 7) is 3.62. The molecule has 79 heavy (non-hydrogen) atoms. The number of carbonyl (C=O) groups excluding carboxylic acids is 2. The summed E-state index contributed by atoms with van der Waals surface area (Å²) in [5.74, 6) is -0.846. The van der Waals surface area contributed by atoms with Crippen molar-refractivity contribution in [1.82, 2.24) is 0 Å². The number of ether oxygens (including phenoxy) is 2. The summed E-state index contributed by atoms with van der Waals surface area (Å²) >= 11 is 0. The maximum atomic E-state index is 12.7. The summed E-state index contributed by atoms with van der Waals surface area (Å²) in [6, 6.07) is 0. The maximum absolute atomic E-state index is 12.7. The molecule has 0 spiro atoms. The first-order chi connectivity index (χ1) is 38.8. The molecule has 0 aliphatic carbocycles. The van der Waals surface area contributed by atoms with Gasteiger partial charge in [0.1, 0.15) is 6.61 Å². The van der Waals surface area contributed by atoms with E-state index in [9.17, 15) is 19.0 Å². The van der Waals surface area contributed by atoms with Crippen LogP contribution < -0.4 is 5.73 Å². The third kappa shape index (κ3) is 64.5. The molecule has 0 aromatic heterocycles. The highest BCUT2D eigenvalue weighted by Crippen LogP contribution is 2.43. The normalized spacial score (nSPS) is 13.4. The SMILES string of the molecule is CC/C=C\C/C=C\C/C=C\C/C=C\CCCCCCC(=O)OC(COC(=O)CCCCCCCCCCCCCCCCCCCCCCCCCCCCCCC/C=C\C/C=C\CCCCCCC)COP(=O)(O)OCCN. The molecule has 0 bridgehead atoms. The van der Waals surface area contributed by atoms with Crippen LogP contribution in [0.1, 0.15) is 322 Å². The summed E-state index contributed by atoms with van der Waals surface area (Å²) < 4.78 is 33.0. The molecule has 0 saturated heterocycles. The molecule has 0 amide bonds. The van der Waals surface area contributed by atoms with E-state index in [0.29, 0.717) is 6.42 Å². The second-order valence-corrected chi connectivity index (χ2v) is 23.8. The third-order valence-electron chi connectivity index (χ3n) is 14.6. The summed E-state index contributed by atoms with van der Waals surface area (Å²) in [6.07, 6.45) is 84.5. The standard InChI is InChI=1S/C69H126NO8P/c1-3-5-7-9-11-13-15-17-19-21-22-23-24-25-26-27-28-29-30-31-32-33-34-35-36-37-38-39-40-41-42-43-44-46-47-49-51-53-55-57-59-61-68(71)75-65-67(66-77-79(73,74)76-64-63-70)78-69(72)62-60-58-56-54-52-50-48-45-20-18-16-14-12-10-8-6-4-2/h6,8,12,14-15,17-18,20-22,48,50,67H,3-5,7,9-11,13,16,19,23-47,49,51-66,70H2,1-2H3,(H,73,74)/b8-6-,14-12-,17-15-,20-18-,22-21-,50-48-. The number of hydrogen-bond acceptors (Lipinski definition) is 8. The second-order valence-electron chi connectivity index (χ2n) is 22.3. The van der Waals surface area contributed by atoms with Crippen LogP contribution in [0.15, 0.2) is 72.9 Å². The molecule has 0 saturated carbocycles.